The van der Waals surface area contributed by atoms with Crippen molar-refractivity contribution in [2.45, 2.75) is 6.61 Å². The first-order valence-electron chi connectivity index (χ1n) is 3.98. The van der Waals surface area contributed by atoms with E-state index in [9.17, 15) is 0 Å². The molecule has 76 valence electrons. The molecule has 0 spiro atoms. The van der Waals surface area contributed by atoms with Crippen LogP contribution in [0, 0.1) is 0 Å². The average molecular weight is 196 g/mol. The first-order chi connectivity index (χ1) is 6.72. The monoisotopic (exact) mass is 196 g/mol. The maximum Gasteiger partial charge on any atom is 0.170 e. The van der Waals surface area contributed by atoms with Crippen molar-refractivity contribution >= 4 is 5.84 Å². The first-order valence-corrected chi connectivity index (χ1v) is 3.98. The summed E-state index contributed by atoms with van der Waals surface area (Å²) in [5.74, 6) is 0.573. The number of rotatable bonds is 3. The van der Waals surface area contributed by atoms with Crippen LogP contribution in [0.15, 0.2) is 23.4 Å². The highest BCUT2D eigenvalue weighted by molar-refractivity contribution is 5.97. The third-order valence-electron chi connectivity index (χ3n) is 1.85. The average Bonchev–Trinajstić information content (AvgIpc) is 2.26. The zero-order valence-corrected chi connectivity index (χ0v) is 7.77. The number of amidine groups is 1. The van der Waals surface area contributed by atoms with Crippen LogP contribution in [0.5, 0.6) is 5.75 Å². The van der Waals surface area contributed by atoms with E-state index < -0.39 is 0 Å². The minimum atomic E-state index is -0.157. The maximum absolute atomic E-state index is 9.01. The van der Waals surface area contributed by atoms with Gasteiger partial charge in [0.25, 0.3) is 0 Å². The smallest absolute Gasteiger partial charge is 0.170 e. The van der Waals surface area contributed by atoms with Gasteiger partial charge in [0.05, 0.1) is 13.7 Å². The van der Waals surface area contributed by atoms with Gasteiger partial charge in [-0.3, -0.25) is 0 Å². The number of methoxy groups -OCH3 is 1. The van der Waals surface area contributed by atoms with Crippen LogP contribution < -0.4 is 10.5 Å². The highest BCUT2D eigenvalue weighted by atomic mass is 16.5. The van der Waals surface area contributed by atoms with Crippen molar-refractivity contribution in [3.63, 3.8) is 0 Å². The fourth-order valence-corrected chi connectivity index (χ4v) is 1.12. The summed E-state index contributed by atoms with van der Waals surface area (Å²) >= 11 is 0. The van der Waals surface area contributed by atoms with Crippen LogP contribution in [-0.4, -0.2) is 23.3 Å². The number of nitrogens with two attached hydrogens (primary N) is 1. The molecule has 0 aliphatic heterocycles. The Morgan fingerprint density at radius 2 is 2.29 bits per heavy atom. The quantitative estimate of drug-likeness (QED) is 0.280. The van der Waals surface area contributed by atoms with E-state index in [1.54, 1.807) is 18.2 Å². The molecular formula is C9H12N2O3. The van der Waals surface area contributed by atoms with Crippen LogP contribution in [0.3, 0.4) is 0 Å². The molecule has 0 aromatic heterocycles. The molecule has 0 saturated carbocycles. The van der Waals surface area contributed by atoms with Crippen LogP contribution in [0.4, 0.5) is 0 Å². The van der Waals surface area contributed by atoms with E-state index in [1.807, 2.05) is 0 Å². The molecule has 0 saturated heterocycles. The highest BCUT2D eigenvalue weighted by Gasteiger charge is 2.05. The molecule has 0 radical (unpaired) electrons. The van der Waals surface area contributed by atoms with Gasteiger partial charge >= 0.3 is 0 Å². The van der Waals surface area contributed by atoms with E-state index in [0.717, 1.165) is 0 Å². The molecule has 0 bridgehead atoms. The molecule has 0 fully saturated rings. The Hall–Kier alpha value is -1.75. The van der Waals surface area contributed by atoms with Crippen LogP contribution in [-0.2, 0) is 6.61 Å². The van der Waals surface area contributed by atoms with E-state index in [1.165, 1.54) is 7.11 Å². The van der Waals surface area contributed by atoms with Crippen LogP contribution in [0.2, 0.25) is 0 Å². The standard InChI is InChI=1S/C9H12N2O3/c1-14-8-3-2-6(9(10)11-13)4-7(8)5-12/h2-4,12-13H,5H2,1H3,(H2,10,11). The molecule has 0 unspecified atom stereocenters. The van der Waals surface area contributed by atoms with Crippen LogP contribution in [0.25, 0.3) is 0 Å². The largest absolute Gasteiger partial charge is 0.496 e. The van der Waals surface area contributed by atoms with Gasteiger partial charge in [-0.1, -0.05) is 5.16 Å². The molecule has 0 heterocycles. The van der Waals surface area contributed by atoms with E-state index in [4.69, 9.17) is 20.8 Å². The normalized spacial score (nSPS) is 11.4. The molecular weight excluding hydrogens is 184 g/mol. The molecule has 4 N–H and O–H groups in total. The SMILES string of the molecule is COc1ccc(/C(N)=N/O)cc1CO. The van der Waals surface area contributed by atoms with Crippen molar-refractivity contribution in [1.29, 1.82) is 0 Å². The number of hydrogen-bond acceptors (Lipinski definition) is 4. The first kappa shape index (κ1) is 10.3. The summed E-state index contributed by atoms with van der Waals surface area (Å²) in [5, 5.41) is 20.3. The lowest BCUT2D eigenvalue weighted by atomic mass is 10.1. The molecule has 1 aromatic carbocycles. The summed E-state index contributed by atoms with van der Waals surface area (Å²) in [6, 6.07) is 4.90. The van der Waals surface area contributed by atoms with Gasteiger partial charge in [0, 0.05) is 11.1 Å². The van der Waals surface area contributed by atoms with Crippen molar-refractivity contribution in [3.8, 4) is 5.75 Å². The summed E-state index contributed by atoms with van der Waals surface area (Å²) in [5.41, 5.74) is 6.52. The second kappa shape index (κ2) is 4.48. The van der Waals surface area contributed by atoms with Crippen molar-refractivity contribution in [3.05, 3.63) is 29.3 Å². The zero-order chi connectivity index (χ0) is 10.6. The summed E-state index contributed by atoms with van der Waals surface area (Å²) in [4.78, 5) is 0. The second-order valence-corrected chi connectivity index (χ2v) is 2.67. The van der Waals surface area contributed by atoms with Crippen molar-refractivity contribution in [2.75, 3.05) is 7.11 Å². The molecule has 0 aliphatic carbocycles. The lowest BCUT2D eigenvalue weighted by Gasteiger charge is -2.07. The Kier molecular flexibility index (Phi) is 3.30. The van der Waals surface area contributed by atoms with Crippen molar-refractivity contribution < 1.29 is 15.1 Å². The number of aliphatic hydroxyl groups excluding tert-OH is 1. The Bertz CT molecular complexity index is 350. The Morgan fingerprint density at radius 1 is 1.57 bits per heavy atom. The Balaban J connectivity index is 3.14. The molecule has 5 nitrogen and oxygen atoms in total. The summed E-state index contributed by atoms with van der Waals surface area (Å²) < 4.78 is 5.00. The van der Waals surface area contributed by atoms with Gasteiger partial charge in [-0.05, 0) is 18.2 Å². The topological polar surface area (TPSA) is 88.1 Å². The van der Waals surface area contributed by atoms with Gasteiger partial charge in [-0.25, -0.2) is 0 Å². The van der Waals surface area contributed by atoms with Crippen molar-refractivity contribution in [2.24, 2.45) is 10.9 Å². The van der Waals surface area contributed by atoms with E-state index in [2.05, 4.69) is 5.16 Å². The Morgan fingerprint density at radius 3 is 2.79 bits per heavy atom. The van der Waals surface area contributed by atoms with Gasteiger partial charge in [-0.15, -0.1) is 0 Å². The van der Waals surface area contributed by atoms with Crippen LogP contribution >= 0.6 is 0 Å². The minimum absolute atomic E-state index is 0.00218. The predicted molar refractivity (Wildman–Crippen MR) is 51.4 cm³/mol. The lowest BCUT2D eigenvalue weighted by Crippen LogP contribution is -2.13. The lowest BCUT2D eigenvalue weighted by molar-refractivity contribution is 0.273. The Labute approximate surface area is 81.4 Å². The third kappa shape index (κ3) is 1.94. The number of hydrogen-bond donors (Lipinski definition) is 3. The number of aliphatic hydroxyl groups is 1. The van der Waals surface area contributed by atoms with Gasteiger partial charge in [-0.2, -0.15) is 0 Å². The number of nitrogens with zero attached hydrogens (tertiary/aromatic N) is 1. The van der Waals surface area contributed by atoms with Crippen LogP contribution in [0.1, 0.15) is 11.1 Å². The molecule has 1 aromatic rings. The number of ether oxygens (including phenoxy) is 1. The molecule has 0 amide bonds. The minimum Gasteiger partial charge on any atom is -0.496 e. The van der Waals surface area contributed by atoms with Crippen molar-refractivity contribution in [1.82, 2.24) is 0 Å². The molecule has 14 heavy (non-hydrogen) atoms. The summed E-state index contributed by atoms with van der Waals surface area (Å²) in [6.45, 7) is -0.157. The second-order valence-electron chi connectivity index (χ2n) is 2.67. The zero-order valence-electron chi connectivity index (χ0n) is 7.77. The van der Waals surface area contributed by atoms with Gasteiger partial charge in [0.1, 0.15) is 5.75 Å². The van der Waals surface area contributed by atoms with E-state index in [0.29, 0.717) is 16.9 Å². The fourth-order valence-electron chi connectivity index (χ4n) is 1.12. The van der Waals surface area contributed by atoms with E-state index >= 15 is 0 Å². The summed E-state index contributed by atoms with van der Waals surface area (Å²) in [7, 11) is 1.51. The third-order valence-corrected chi connectivity index (χ3v) is 1.85. The molecule has 5 heteroatoms. The summed E-state index contributed by atoms with van der Waals surface area (Å²) in [6.07, 6.45) is 0. The van der Waals surface area contributed by atoms with Gasteiger partial charge in [0.2, 0.25) is 0 Å². The highest BCUT2D eigenvalue weighted by Crippen LogP contribution is 2.19. The molecule has 0 atom stereocenters. The number of benzene rings is 1. The molecule has 0 aliphatic rings. The van der Waals surface area contributed by atoms with Gasteiger partial charge in [0.15, 0.2) is 5.84 Å². The predicted octanol–water partition coefficient (Wildman–Crippen LogP) is 0.282. The van der Waals surface area contributed by atoms with Gasteiger partial charge < -0.3 is 20.8 Å². The van der Waals surface area contributed by atoms with E-state index in [-0.39, 0.29) is 12.4 Å². The maximum atomic E-state index is 9.01. The number of oxime groups is 1. The molecule has 1 rings (SSSR count). The fraction of sp³-hybridized carbons (Fsp3) is 0.222.